The molecule has 0 saturated heterocycles. The summed E-state index contributed by atoms with van der Waals surface area (Å²) < 4.78 is 0. The van der Waals surface area contributed by atoms with E-state index in [1.165, 1.54) is 0 Å². The van der Waals surface area contributed by atoms with Gasteiger partial charge in [-0.15, -0.1) is 0 Å². The number of nitrogen functional groups attached to an aromatic ring is 1. The predicted octanol–water partition coefficient (Wildman–Crippen LogP) is 2.25. The van der Waals surface area contributed by atoms with Crippen LogP contribution in [0.1, 0.15) is 13.3 Å². The lowest BCUT2D eigenvalue weighted by molar-refractivity contribution is 0.266. The van der Waals surface area contributed by atoms with Crippen LogP contribution in [0.5, 0.6) is 0 Å². The van der Waals surface area contributed by atoms with Crippen molar-refractivity contribution in [2.45, 2.75) is 13.3 Å². The molecule has 2 rings (SSSR count). The monoisotopic (exact) mass is 245 g/mol. The number of nitrogens with two attached hydrogens (primary N) is 1. The van der Waals surface area contributed by atoms with E-state index in [1.54, 1.807) is 12.4 Å². The number of nitrogens with zero attached hydrogens (tertiary/aromatic N) is 1. The van der Waals surface area contributed by atoms with Crippen LogP contribution in [0.3, 0.4) is 0 Å². The minimum atomic E-state index is 0.231. The van der Waals surface area contributed by atoms with E-state index < -0.39 is 0 Å². The molecule has 0 amide bonds. The van der Waals surface area contributed by atoms with Crippen molar-refractivity contribution in [2.75, 3.05) is 24.2 Å². The zero-order chi connectivity index (χ0) is 13.0. The van der Waals surface area contributed by atoms with E-state index in [4.69, 9.17) is 10.8 Å². The second-order valence-electron chi connectivity index (χ2n) is 4.62. The highest BCUT2D eigenvalue weighted by molar-refractivity contribution is 6.00. The van der Waals surface area contributed by atoms with Gasteiger partial charge in [-0.3, -0.25) is 4.98 Å². The van der Waals surface area contributed by atoms with Gasteiger partial charge in [0.15, 0.2) is 0 Å². The molecule has 1 unspecified atom stereocenters. The molecule has 1 atom stereocenters. The Morgan fingerprint density at radius 2 is 2.17 bits per heavy atom. The molecular weight excluding hydrogens is 226 g/mol. The van der Waals surface area contributed by atoms with Crippen LogP contribution in [0.25, 0.3) is 10.8 Å². The Morgan fingerprint density at radius 3 is 2.94 bits per heavy atom. The van der Waals surface area contributed by atoms with E-state index >= 15 is 0 Å². The molecule has 18 heavy (non-hydrogen) atoms. The Morgan fingerprint density at radius 1 is 1.33 bits per heavy atom. The number of benzene rings is 1. The number of rotatable bonds is 5. The summed E-state index contributed by atoms with van der Waals surface area (Å²) in [5.74, 6) is 0.435. The molecule has 1 heterocycles. The van der Waals surface area contributed by atoms with Gasteiger partial charge in [0.2, 0.25) is 0 Å². The van der Waals surface area contributed by atoms with Crippen molar-refractivity contribution in [2.24, 2.45) is 5.92 Å². The van der Waals surface area contributed by atoms with Crippen molar-refractivity contribution in [3.63, 3.8) is 0 Å². The second-order valence-corrected chi connectivity index (χ2v) is 4.62. The van der Waals surface area contributed by atoms with Gasteiger partial charge >= 0.3 is 0 Å². The lowest BCUT2D eigenvalue weighted by atomic mass is 10.1. The zero-order valence-corrected chi connectivity index (χ0v) is 10.6. The van der Waals surface area contributed by atoms with Gasteiger partial charge in [0.25, 0.3) is 0 Å². The third kappa shape index (κ3) is 2.71. The third-order valence-corrected chi connectivity index (χ3v) is 3.11. The number of hydrogen-bond acceptors (Lipinski definition) is 4. The SMILES string of the molecule is CC(CCO)CNc1ccc(N)c2cnccc12. The Labute approximate surface area is 107 Å². The number of fused-ring (bicyclic) bond motifs is 1. The maximum atomic E-state index is 8.89. The molecule has 0 aliphatic carbocycles. The summed E-state index contributed by atoms with van der Waals surface area (Å²) in [6.07, 6.45) is 4.36. The Balaban J connectivity index is 2.21. The number of hydrogen-bond donors (Lipinski definition) is 3. The van der Waals surface area contributed by atoms with Crippen molar-refractivity contribution in [1.29, 1.82) is 0 Å². The third-order valence-electron chi connectivity index (χ3n) is 3.11. The molecule has 0 saturated carbocycles. The molecule has 1 aromatic carbocycles. The topological polar surface area (TPSA) is 71.2 Å². The Kier molecular flexibility index (Phi) is 3.99. The highest BCUT2D eigenvalue weighted by Crippen LogP contribution is 2.27. The first-order valence-electron chi connectivity index (χ1n) is 6.19. The quantitative estimate of drug-likeness (QED) is 0.706. The van der Waals surface area contributed by atoms with Gasteiger partial charge < -0.3 is 16.2 Å². The van der Waals surface area contributed by atoms with Gasteiger partial charge in [-0.2, -0.15) is 0 Å². The fourth-order valence-corrected chi connectivity index (χ4v) is 1.97. The summed E-state index contributed by atoms with van der Waals surface area (Å²) in [7, 11) is 0. The maximum Gasteiger partial charge on any atom is 0.0434 e. The number of anilines is 2. The van der Waals surface area contributed by atoms with Crippen LogP contribution in [-0.2, 0) is 0 Å². The van der Waals surface area contributed by atoms with Crippen molar-refractivity contribution in [3.05, 3.63) is 30.6 Å². The molecule has 96 valence electrons. The number of aromatic nitrogens is 1. The smallest absolute Gasteiger partial charge is 0.0434 e. The van der Waals surface area contributed by atoms with E-state index in [0.29, 0.717) is 5.92 Å². The first kappa shape index (κ1) is 12.6. The van der Waals surface area contributed by atoms with Crippen LogP contribution in [0.15, 0.2) is 30.6 Å². The average Bonchev–Trinajstić information content (AvgIpc) is 2.39. The first-order chi connectivity index (χ1) is 8.72. The fraction of sp³-hybridized carbons (Fsp3) is 0.357. The molecule has 0 bridgehead atoms. The average molecular weight is 245 g/mol. The van der Waals surface area contributed by atoms with Crippen LogP contribution in [0.2, 0.25) is 0 Å². The number of aliphatic hydroxyl groups excluding tert-OH is 1. The van der Waals surface area contributed by atoms with Crippen LogP contribution < -0.4 is 11.1 Å². The van der Waals surface area contributed by atoms with Gasteiger partial charge in [0, 0.05) is 47.7 Å². The lowest BCUT2D eigenvalue weighted by Gasteiger charge is -2.14. The predicted molar refractivity (Wildman–Crippen MR) is 75.5 cm³/mol. The van der Waals surface area contributed by atoms with Crippen molar-refractivity contribution < 1.29 is 5.11 Å². The summed E-state index contributed by atoms with van der Waals surface area (Å²) in [5.41, 5.74) is 7.73. The van der Waals surface area contributed by atoms with E-state index in [2.05, 4.69) is 17.2 Å². The van der Waals surface area contributed by atoms with Gasteiger partial charge in [0.1, 0.15) is 0 Å². The van der Waals surface area contributed by atoms with Crippen LogP contribution >= 0.6 is 0 Å². The van der Waals surface area contributed by atoms with E-state index in [-0.39, 0.29) is 6.61 Å². The lowest BCUT2D eigenvalue weighted by Crippen LogP contribution is -2.12. The van der Waals surface area contributed by atoms with E-state index in [0.717, 1.165) is 35.1 Å². The molecule has 2 aromatic rings. The molecule has 0 aliphatic heterocycles. The summed E-state index contributed by atoms with van der Waals surface area (Å²) in [4.78, 5) is 4.10. The van der Waals surface area contributed by atoms with Gasteiger partial charge in [-0.25, -0.2) is 0 Å². The van der Waals surface area contributed by atoms with Crippen LogP contribution in [0.4, 0.5) is 11.4 Å². The largest absolute Gasteiger partial charge is 0.398 e. The molecule has 0 radical (unpaired) electrons. The summed E-state index contributed by atoms with van der Waals surface area (Å²) in [6.45, 7) is 3.18. The highest BCUT2D eigenvalue weighted by atomic mass is 16.3. The summed E-state index contributed by atoms with van der Waals surface area (Å²) >= 11 is 0. The summed E-state index contributed by atoms with van der Waals surface area (Å²) in [6, 6.07) is 5.84. The minimum absolute atomic E-state index is 0.231. The summed E-state index contributed by atoms with van der Waals surface area (Å²) in [5, 5.41) is 14.3. The number of pyridine rings is 1. The van der Waals surface area contributed by atoms with E-state index in [9.17, 15) is 0 Å². The fourth-order valence-electron chi connectivity index (χ4n) is 1.97. The molecule has 0 spiro atoms. The maximum absolute atomic E-state index is 8.89. The zero-order valence-electron chi connectivity index (χ0n) is 10.6. The van der Waals surface area contributed by atoms with Crippen LogP contribution in [0, 0.1) is 5.92 Å². The van der Waals surface area contributed by atoms with Crippen LogP contribution in [-0.4, -0.2) is 23.2 Å². The normalized spacial score (nSPS) is 12.6. The molecule has 4 nitrogen and oxygen atoms in total. The molecule has 4 N–H and O–H groups in total. The van der Waals surface area contributed by atoms with Crippen molar-refractivity contribution in [3.8, 4) is 0 Å². The minimum Gasteiger partial charge on any atom is -0.398 e. The van der Waals surface area contributed by atoms with Crippen molar-refractivity contribution >= 4 is 22.1 Å². The van der Waals surface area contributed by atoms with E-state index in [1.807, 2.05) is 18.2 Å². The molecular formula is C14H19N3O. The number of aliphatic hydroxyl groups is 1. The number of nitrogens with one attached hydrogen (secondary N) is 1. The molecule has 1 aromatic heterocycles. The molecule has 4 heteroatoms. The van der Waals surface area contributed by atoms with Gasteiger partial charge in [-0.05, 0) is 30.5 Å². The molecule has 0 aliphatic rings. The standard InChI is InChI=1S/C14H19N3O/c1-10(5-7-18)8-17-14-3-2-13(15)12-9-16-6-4-11(12)14/h2-4,6,9-10,17-18H,5,7-8,15H2,1H3. The highest BCUT2D eigenvalue weighted by Gasteiger charge is 2.05. The van der Waals surface area contributed by atoms with Gasteiger partial charge in [-0.1, -0.05) is 6.92 Å². The first-order valence-corrected chi connectivity index (χ1v) is 6.19. The van der Waals surface area contributed by atoms with Gasteiger partial charge in [0.05, 0.1) is 0 Å². The molecule has 0 fully saturated rings. The Hall–Kier alpha value is -1.81. The second kappa shape index (κ2) is 5.69. The Bertz CT molecular complexity index is 527. The van der Waals surface area contributed by atoms with Crippen molar-refractivity contribution in [1.82, 2.24) is 4.98 Å².